The normalized spacial score (nSPS) is 14.4. The summed E-state index contributed by atoms with van der Waals surface area (Å²) in [6, 6.07) is 10.6. The quantitative estimate of drug-likeness (QED) is 0.0966. The summed E-state index contributed by atoms with van der Waals surface area (Å²) in [6.45, 7) is 5.18. The largest absolute Gasteiger partial charge is 0.443 e. The Balaban J connectivity index is 0.000000195. The predicted molar refractivity (Wildman–Crippen MR) is 264 cm³/mol. The molecule has 0 spiro atoms. The van der Waals surface area contributed by atoms with E-state index in [2.05, 4.69) is 50.9 Å². The maximum Gasteiger partial charge on any atom is 0.423 e. The van der Waals surface area contributed by atoms with E-state index in [0.29, 0.717) is 40.3 Å². The maximum absolute atomic E-state index is 15.0. The number of imidazole rings is 2. The van der Waals surface area contributed by atoms with Gasteiger partial charge in [-0.05, 0) is 80.8 Å². The van der Waals surface area contributed by atoms with Crippen LogP contribution < -0.4 is 15.5 Å². The van der Waals surface area contributed by atoms with Gasteiger partial charge < -0.3 is 33.6 Å². The van der Waals surface area contributed by atoms with Crippen molar-refractivity contribution in [3.63, 3.8) is 0 Å². The third kappa shape index (κ3) is 12.1. The molecule has 8 aromatic rings. The number of nitrogens with one attached hydrogen (secondary N) is 2. The van der Waals surface area contributed by atoms with Crippen LogP contribution in [-0.4, -0.2) is 85.2 Å². The molecular weight excluding hydrogens is 1050 g/mol. The molecule has 0 saturated heterocycles. The molecule has 0 atom stereocenters. The molecule has 0 unspecified atom stereocenters. The van der Waals surface area contributed by atoms with Crippen LogP contribution in [0.15, 0.2) is 107 Å². The first-order valence-corrected chi connectivity index (χ1v) is 24.1. The van der Waals surface area contributed by atoms with Crippen molar-refractivity contribution < 1.29 is 63.3 Å². The highest BCUT2D eigenvalue weighted by atomic mass is 19.4. The van der Waals surface area contributed by atoms with E-state index in [1.807, 2.05) is 11.6 Å². The van der Waals surface area contributed by atoms with Crippen molar-refractivity contribution in [2.75, 3.05) is 15.5 Å². The van der Waals surface area contributed by atoms with Crippen LogP contribution in [0.2, 0.25) is 0 Å². The minimum atomic E-state index is -4.49. The number of hydrogen-bond donors (Lipinski definition) is 2. The summed E-state index contributed by atoms with van der Waals surface area (Å²) in [5, 5.41) is 11.7. The number of rotatable bonds is 14. The third-order valence-corrected chi connectivity index (χ3v) is 13.0. The van der Waals surface area contributed by atoms with Gasteiger partial charge in [-0.2, -0.15) is 31.2 Å². The standard InChI is InChI=1S/C28H27F4N7O4.C24H20F4N6O2/c1-26(2,3)42-25(41)39(23-14-33-15-38(23)4)24-34-12-18(13-35-24)16-5-6-17(19(29)9-16)10-22(40)36-21-11-20(43-37-21)27(7-8-27)28(30,31)32;1-34-13-29-12-17(34)8-20-30-10-16(11-31-20)14-2-3-15(18(25)6-14)7-22(35)32-21-9-19(36-33-21)23(4-5-23)24(26,27)28/h5-6,9,11-15H,7-8,10H2,1-4H3,(H,36,37,40);2-3,6,9-13H,4-5,7-8H2,1H3,(H,32,33,35). The zero-order valence-electron chi connectivity index (χ0n) is 42.6. The van der Waals surface area contributed by atoms with Crippen molar-refractivity contribution >= 4 is 41.3 Å². The van der Waals surface area contributed by atoms with Gasteiger partial charge in [-0.1, -0.05) is 34.6 Å². The zero-order valence-corrected chi connectivity index (χ0v) is 42.6. The lowest BCUT2D eigenvalue weighted by Gasteiger charge is -2.25. The van der Waals surface area contributed by atoms with Crippen molar-refractivity contribution in [1.29, 1.82) is 0 Å². The van der Waals surface area contributed by atoms with Crippen LogP contribution in [0.1, 0.15) is 80.6 Å². The van der Waals surface area contributed by atoms with Gasteiger partial charge >= 0.3 is 18.4 Å². The first-order valence-electron chi connectivity index (χ1n) is 24.1. The summed E-state index contributed by atoms with van der Waals surface area (Å²) in [6.07, 6.45) is 2.10. The summed E-state index contributed by atoms with van der Waals surface area (Å²) < 4.78 is 128. The van der Waals surface area contributed by atoms with Crippen LogP contribution in [-0.2, 0) is 58.5 Å². The van der Waals surface area contributed by atoms with Gasteiger partial charge in [0.15, 0.2) is 23.2 Å². The average Bonchev–Trinajstić information content (AvgIpc) is 4.33. The molecule has 0 bridgehead atoms. The Morgan fingerprint density at radius 2 is 1.09 bits per heavy atom. The lowest BCUT2D eigenvalue weighted by atomic mass is 10.0. The van der Waals surface area contributed by atoms with Crippen molar-refractivity contribution in [2.45, 2.75) is 94.5 Å². The zero-order chi connectivity index (χ0) is 56.7. The highest BCUT2D eigenvalue weighted by Crippen LogP contribution is 2.60. The van der Waals surface area contributed by atoms with Gasteiger partial charge in [0.25, 0.3) is 0 Å². The maximum atomic E-state index is 15.0. The van der Waals surface area contributed by atoms with Crippen LogP contribution in [0.4, 0.5) is 63.3 Å². The summed E-state index contributed by atoms with van der Waals surface area (Å²) >= 11 is 0. The molecule has 27 heteroatoms. The highest BCUT2D eigenvalue weighted by Gasteiger charge is 2.67. The number of halogens is 8. The first kappa shape index (κ1) is 54.9. The minimum Gasteiger partial charge on any atom is -0.443 e. The molecule has 2 N–H and O–H groups in total. The lowest BCUT2D eigenvalue weighted by molar-refractivity contribution is -0.166. The Bertz CT molecular complexity index is 3520. The van der Waals surface area contributed by atoms with Gasteiger partial charge in [0.2, 0.25) is 17.8 Å². The second kappa shape index (κ2) is 21.1. The summed E-state index contributed by atoms with van der Waals surface area (Å²) in [7, 11) is 3.57. The number of benzene rings is 2. The van der Waals surface area contributed by atoms with Gasteiger partial charge in [0, 0.05) is 80.5 Å². The molecule has 2 aliphatic carbocycles. The summed E-state index contributed by atoms with van der Waals surface area (Å²) in [5.74, 6) is -2.71. The molecular formula is C52H47F8N13O6. The van der Waals surface area contributed by atoms with Gasteiger partial charge in [0.05, 0.1) is 31.7 Å². The molecule has 10 rings (SSSR count). The molecule has 412 valence electrons. The van der Waals surface area contributed by atoms with E-state index in [0.717, 1.165) is 22.7 Å². The number of alkyl halides is 6. The summed E-state index contributed by atoms with van der Waals surface area (Å²) in [5.41, 5.74) is -1.81. The number of carbonyl (C=O) groups is 3. The van der Waals surface area contributed by atoms with E-state index in [9.17, 15) is 49.5 Å². The average molecular weight is 1100 g/mol. The molecule has 2 aromatic carbocycles. The Labute approximate surface area is 443 Å². The van der Waals surface area contributed by atoms with Crippen LogP contribution in [0.3, 0.4) is 0 Å². The molecule has 6 aromatic heterocycles. The molecule has 79 heavy (non-hydrogen) atoms. The fourth-order valence-electron chi connectivity index (χ4n) is 8.22. The van der Waals surface area contributed by atoms with Gasteiger partial charge in [-0.3, -0.25) is 9.59 Å². The van der Waals surface area contributed by atoms with Crippen molar-refractivity contribution in [2.24, 2.45) is 14.1 Å². The molecule has 2 saturated carbocycles. The first-order chi connectivity index (χ1) is 37.3. The van der Waals surface area contributed by atoms with Gasteiger partial charge in [-0.25, -0.2) is 43.5 Å². The molecule has 0 radical (unpaired) electrons. The van der Waals surface area contributed by atoms with Crippen molar-refractivity contribution in [1.82, 2.24) is 49.4 Å². The third-order valence-electron chi connectivity index (χ3n) is 13.0. The monoisotopic (exact) mass is 1100 g/mol. The Hall–Kier alpha value is -8.91. The number of aryl methyl sites for hydroxylation is 2. The topological polar surface area (TPSA) is 227 Å². The molecule has 2 aliphatic rings. The van der Waals surface area contributed by atoms with E-state index < -0.39 is 64.7 Å². The predicted octanol–water partition coefficient (Wildman–Crippen LogP) is 10.2. The van der Waals surface area contributed by atoms with Crippen molar-refractivity contribution in [3.05, 3.63) is 144 Å². The van der Waals surface area contributed by atoms with E-state index in [-0.39, 0.29) is 72.3 Å². The molecule has 19 nitrogen and oxygen atoms in total. The SMILES string of the molecule is Cn1cncc1Cc1ncc(-c2ccc(CC(=O)Nc3cc(C4(C(F)(F)F)CC4)on3)c(F)c2)cn1.Cn1cncc1N(C(=O)OC(C)(C)C)c1ncc(-c2ccc(CC(=O)Nc3cc(C4(C(F)(F)F)CC4)on3)c(F)c2)cn1. The second-order valence-corrected chi connectivity index (χ2v) is 19.9. The van der Waals surface area contributed by atoms with Crippen LogP contribution >= 0.6 is 0 Å². The Morgan fingerprint density at radius 1 is 0.633 bits per heavy atom. The van der Waals surface area contributed by atoms with E-state index >= 15 is 0 Å². The van der Waals surface area contributed by atoms with E-state index in [1.54, 1.807) is 69.4 Å². The molecule has 2 fully saturated rings. The second-order valence-electron chi connectivity index (χ2n) is 19.9. The van der Waals surface area contributed by atoms with Crippen LogP contribution in [0.5, 0.6) is 0 Å². The van der Waals surface area contributed by atoms with Crippen LogP contribution in [0.25, 0.3) is 22.3 Å². The number of amides is 3. The fraction of sp³-hybridized carbons (Fsp3) is 0.327. The number of ether oxygens (including phenoxy) is 1. The smallest absolute Gasteiger partial charge is 0.423 e. The Kier molecular flexibility index (Phi) is 14.7. The van der Waals surface area contributed by atoms with Gasteiger partial charge in [-0.15, -0.1) is 0 Å². The molecule has 0 aliphatic heterocycles. The summed E-state index contributed by atoms with van der Waals surface area (Å²) in [4.78, 5) is 64.3. The van der Waals surface area contributed by atoms with E-state index in [4.69, 9.17) is 13.8 Å². The Morgan fingerprint density at radius 3 is 1.48 bits per heavy atom. The number of anilines is 4. The lowest BCUT2D eigenvalue weighted by Crippen LogP contribution is -2.35. The van der Waals surface area contributed by atoms with Crippen molar-refractivity contribution in [3.8, 4) is 22.3 Å². The number of nitrogens with zero attached hydrogens (tertiary/aromatic N) is 11. The van der Waals surface area contributed by atoms with Gasteiger partial charge in [0.1, 0.15) is 39.7 Å². The number of hydrogen-bond acceptors (Lipinski definition) is 14. The fourth-order valence-corrected chi connectivity index (χ4v) is 8.22. The minimum absolute atomic E-state index is 0.00853. The number of carbonyl (C=O) groups excluding carboxylic acids is 3. The van der Waals surface area contributed by atoms with Crippen LogP contribution in [0, 0.1) is 11.6 Å². The number of aromatic nitrogens is 10. The molecule has 3 amide bonds. The molecule has 6 heterocycles. The highest BCUT2D eigenvalue weighted by molar-refractivity contribution is 5.94. The van der Waals surface area contributed by atoms with E-state index in [1.165, 1.54) is 49.2 Å².